The van der Waals surface area contributed by atoms with Crippen LogP contribution >= 0.6 is 0 Å². The van der Waals surface area contributed by atoms with E-state index in [-0.39, 0.29) is 32.7 Å². The number of quaternary nitrogens is 1. The summed E-state index contributed by atoms with van der Waals surface area (Å²) >= 11 is 0. The molecule has 9 heteroatoms. The van der Waals surface area contributed by atoms with E-state index in [1.165, 1.54) is 0 Å². The van der Waals surface area contributed by atoms with Crippen molar-refractivity contribution in [1.29, 1.82) is 0 Å². The van der Waals surface area contributed by atoms with E-state index in [9.17, 15) is 19.5 Å². The molecule has 0 aliphatic heterocycles. The summed E-state index contributed by atoms with van der Waals surface area (Å²) in [5, 5.41) is 11.8. The summed E-state index contributed by atoms with van der Waals surface area (Å²) in [5.74, 6) is -2.41. The molecule has 2 unspecified atom stereocenters. The van der Waals surface area contributed by atoms with Gasteiger partial charge >= 0.3 is 11.9 Å². The van der Waals surface area contributed by atoms with Crippen molar-refractivity contribution in [3.05, 3.63) is 182 Å². The number of carbonyl (C=O) groups excluding carboxylic acids is 3. The van der Waals surface area contributed by atoms with Gasteiger partial charge in [-0.05, 0) is 128 Å². The van der Waals surface area contributed by atoms with Crippen LogP contribution in [0.4, 0.5) is 0 Å². The molecule has 440 valence electrons. The van der Waals surface area contributed by atoms with Gasteiger partial charge in [0.1, 0.15) is 13.2 Å². The molecule has 0 aromatic heterocycles. The molecule has 0 bridgehead atoms. The van der Waals surface area contributed by atoms with Gasteiger partial charge in [0.2, 0.25) is 0 Å². The van der Waals surface area contributed by atoms with Crippen LogP contribution in [0.3, 0.4) is 0 Å². The number of rotatable bonds is 52. The van der Waals surface area contributed by atoms with Crippen LogP contribution in [0.5, 0.6) is 0 Å². The molecule has 2 atom stereocenters. The maximum atomic E-state index is 12.9. The van der Waals surface area contributed by atoms with E-state index in [0.717, 1.165) is 141 Å². The smallest absolute Gasteiger partial charge is 0.306 e. The Bertz CT molecular complexity index is 1940. The number of aliphatic carboxylic acids is 1. The van der Waals surface area contributed by atoms with E-state index in [4.69, 9.17) is 18.9 Å². The van der Waals surface area contributed by atoms with Crippen molar-refractivity contribution in [2.75, 3.05) is 47.5 Å². The fourth-order valence-electron chi connectivity index (χ4n) is 7.13. The Morgan fingerprint density at radius 3 is 1.05 bits per heavy atom. The van der Waals surface area contributed by atoms with Crippen LogP contribution in [-0.4, -0.2) is 82.3 Å². The summed E-state index contributed by atoms with van der Waals surface area (Å²) in [5.41, 5.74) is 0. The lowest BCUT2D eigenvalue weighted by molar-refractivity contribution is -0.870. The van der Waals surface area contributed by atoms with Crippen LogP contribution < -0.4 is 5.11 Å². The number of carboxylic acid groups (broad SMARTS) is 1. The van der Waals surface area contributed by atoms with Crippen LogP contribution in [-0.2, 0) is 33.3 Å². The number of unbranched alkanes of at least 4 members (excludes halogenated alkanes) is 7. The monoisotopic (exact) mass is 1090 g/mol. The Kier molecular flexibility index (Phi) is 54.4. The number of likely N-dealkylation sites (N-methyl/N-ethyl adjacent to an activating group) is 1. The van der Waals surface area contributed by atoms with Crippen LogP contribution in [0.1, 0.15) is 181 Å². The van der Waals surface area contributed by atoms with Crippen LogP contribution in [0.15, 0.2) is 182 Å². The van der Waals surface area contributed by atoms with Gasteiger partial charge in [0.05, 0.1) is 40.3 Å². The lowest BCUT2D eigenvalue weighted by Gasteiger charge is -2.26. The van der Waals surface area contributed by atoms with E-state index in [1.54, 1.807) is 0 Å². The number of carboxylic acids is 1. The zero-order chi connectivity index (χ0) is 57.6. The van der Waals surface area contributed by atoms with Crippen LogP contribution in [0.2, 0.25) is 0 Å². The highest BCUT2D eigenvalue weighted by Gasteiger charge is 2.21. The maximum Gasteiger partial charge on any atom is 0.306 e. The quantitative estimate of drug-likeness (QED) is 0.0195. The van der Waals surface area contributed by atoms with Gasteiger partial charge in [0.15, 0.2) is 12.4 Å². The maximum absolute atomic E-state index is 12.9. The molecule has 0 fully saturated rings. The SMILES string of the molecule is CC/C=C\C/C=C\C/C=C\C/C=C\C/C=C\C/C=C\C/C=C\C/C=C\CCCCCCCCC(=O)OC(COC(=O)CCC/C=C\C/C=C\C/C=C\C/C=C\C/C=C\C/C=C\C/C=C\CC)COC(OCC[N+](C)(C)C)C(=O)[O-]. The zero-order valence-corrected chi connectivity index (χ0v) is 49.9. The first-order valence-electron chi connectivity index (χ1n) is 29.9. The van der Waals surface area contributed by atoms with Gasteiger partial charge in [-0.25, -0.2) is 0 Å². The van der Waals surface area contributed by atoms with E-state index >= 15 is 0 Å². The highest BCUT2D eigenvalue weighted by atomic mass is 16.7. The van der Waals surface area contributed by atoms with Gasteiger partial charge in [0.25, 0.3) is 0 Å². The van der Waals surface area contributed by atoms with E-state index < -0.39 is 30.3 Å². The summed E-state index contributed by atoms with van der Waals surface area (Å²) in [4.78, 5) is 37.3. The standard InChI is InChI=1S/C70H107NO8/c1-6-8-10-12-14-16-18-20-22-24-26-28-30-31-32-33-34-35-36-37-39-41-43-45-47-49-51-53-55-57-59-61-68(73)79-66(65-78-70(69(74)75)76-63-62-71(3,4)5)64-77-67(72)60-58-56-54-52-50-48-46-44-42-40-38-29-27-25-23-21-19-17-15-13-11-9-7-2/h8-11,14-17,20-23,26-29,31-32,34-35,37,39-40,42-43,45-46,48,52,54,66,70H,6-7,12-13,18-19,24-25,30,33,36,38,41,44,47,49-51,53,55-65H2,1-5H3/b10-8-,11-9-,16-14-,17-15-,22-20-,23-21-,28-26-,29-27-,32-31-,35-34-,39-37-,42-40-,45-43-,48-46-,54-52-. The molecule has 0 spiro atoms. The number of allylic oxidation sites excluding steroid dienone is 30. The molecule has 0 rings (SSSR count). The van der Waals surface area contributed by atoms with E-state index in [1.807, 2.05) is 21.1 Å². The Labute approximate surface area is 481 Å². The lowest BCUT2D eigenvalue weighted by atomic mass is 10.1. The molecule has 0 aromatic carbocycles. The molecule has 0 radical (unpaired) electrons. The third-order valence-corrected chi connectivity index (χ3v) is 11.6. The minimum atomic E-state index is -1.65. The van der Waals surface area contributed by atoms with Gasteiger partial charge < -0.3 is 33.3 Å². The van der Waals surface area contributed by atoms with Crippen molar-refractivity contribution in [2.45, 2.75) is 193 Å². The van der Waals surface area contributed by atoms with Crippen molar-refractivity contribution in [3.63, 3.8) is 0 Å². The van der Waals surface area contributed by atoms with E-state index in [2.05, 4.69) is 196 Å². The Morgan fingerprint density at radius 1 is 0.380 bits per heavy atom. The average Bonchev–Trinajstić information content (AvgIpc) is 3.42. The second-order valence-electron chi connectivity index (χ2n) is 20.2. The summed E-state index contributed by atoms with van der Waals surface area (Å²) < 4.78 is 22.6. The molecule has 0 aliphatic carbocycles. The number of hydrogen-bond donors (Lipinski definition) is 0. The van der Waals surface area contributed by atoms with Crippen molar-refractivity contribution >= 4 is 17.9 Å². The molecule has 0 heterocycles. The number of hydrogen-bond acceptors (Lipinski definition) is 8. The first-order valence-corrected chi connectivity index (χ1v) is 29.9. The first-order chi connectivity index (χ1) is 38.6. The highest BCUT2D eigenvalue weighted by Crippen LogP contribution is 2.12. The third kappa shape index (κ3) is 59.9. The van der Waals surface area contributed by atoms with Crippen LogP contribution in [0.25, 0.3) is 0 Å². The number of nitrogens with zero attached hydrogens (tertiary/aromatic N) is 1. The fraction of sp³-hybridized carbons (Fsp3) is 0.529. The molecular weight excluding hydrogens is 983 g/mol. The largest absolute Gasteiger partial charge is 0.545 e. The number of ether oxygens (including phenoxy) is 4. The van der Waals surface area contributed by atoms with Crippen molar-refractivity contribution in [1.82, 2.24) is 0 Å². The number of carbonyl (C=O) groups is 3. The van der Waals surface area contributed by atoms with Crippen LogP contribution in [0, 0.1) is 0 Å². The summed E-state index contributed by atoms with van der Waals surface area (Å²) in [6.07, 6.45) is 86.6. The molecule has 79 heavy (non-hydrogen) atoms. The van der Waals surface area contributed by atoms with Crippen molar-refractivity contribution in [3.8, 4) is 0 Å². The van der Waals surface area contributed by atoms with Crippen molar-refractivity contribution < 1.29 is 42.9 Å². The lowest BCUT2D eigenvalue weighted by Crippen LogP contribution is -2.44. The number of esters is 2. The normalized spacial score (nSPS) is 14.1. The summed E-state index contributed by atoms with van der Waals surface area (Å²) in [7, 11) is 5.88. The van der Waals surface area contributed by atoms with E-state index in [0.29, 0.717) is 23.9 Å². The molecular formula is C70H107NO8. The molecule has 0 N–H and O–H groups in total. The Balaban J connectivity index is 4.42. The fourth-order valence-corrected chi connectivity index (χ4v) is 7.13. The second-order valence-corrected chi connectivity index (χ2v) is 20.2. The zero-order valence-electron chi connectivity index (χ0n) is 49.9. The minimum absolute atomic E-state index is 0.124. The predicted molar refractivity (Wildman–Crippen MR) is 333 cm³/mol. The minimum Gasteiger partial charge on any atom is -0.545 e. The molecule has 0 aliphatic rings. The summed E-state index contributed by atoms with van der Waals surface area (Å²) in [6, 6.07) is 0. The van der Waals surface area contributed by atoms with Gasteiger partial charge in [0, 0.05) is 12.8 Å². The van der Waals surface area contributed by atoms with Gasteiger partial charge in [-0.2, -0.15) is 0 Å². The third-order valence-electron chi connectivity index (χ3n) is 11.6. The Hall–Kier alpha value is -5.61. The average molecular weight is 1090 g/mol. The van der Waals surface area contributed by atoms with Gasteiger partial charge in [-0.15, -0.1) is 0 Å². The predicted octanol–water partition coefficient (Wildman–Crippen LogP) is 16.8. The molecule has 0 aromatic rings. The first kappa shape index (κ1) is 73.4. The highest BCUT2D eigenvalue weighted by molar-refractivity contribution is 5.70. The molecule has 0 amide bonds. The summed E-state index contributed by atoms with van der Waals surface area (Å²) in [6.45, 7) is 4.39. The van der Waals surface area contributed by atoms with Crippen molar-refractivity contribution in [2.24, 2.45) is 0 Å². The second kappa shape index (κ2) is 58.5. The topological polar surface area (TPSA) is 111 Å². The Morgan fingerprint density at radius 2 is 0.696 bits per heavy atom. The molecule has 0 saturated heterocycles. The van der Waals surface area contributed by atoms with Gasteiger partial charge in [-0.1, -0.05) is 222 Å². The molecule has 9 nitrogen and oxygen atoms in total. The van der Waals surface area contributed by atoms with Gasteiger partial charge in [-0.3, -0.25) is 9.59 Å². The molecule has 0 saturated carbocycles.